The van der Waals surface area contributed by atoms with E-state index in [1.807, 2.05) is 24.3 Å². The molecular formula is C14H23N3O. The van der Waals surface area contributed by atoms with Crippen LogP contribution in [0.4, 0.5) is 5.69 Å². The lowest BCUT2D eigenvalue weighted by molar-refractivity contribution is 0.213. The summed E-state index contributed by atoms with van der Waals surface area (Å²) in [5.74, 6) is 0.863. The van der Waals surface area contributed by atoms with Gasteiger partial charge >= 0.3 is 0 Å². The quantitative estimate of drug-likeness (QED) is 0.816. The second kappa shape index (κ2) is 6.61. The van der Waals surface area contributed by atoms with Gasteiger partial charge in [-0.25, -0.2) is 0 Å². The van der Waals surface area contributed by atoms with E-state index in [0.717, 1.165) is 37.7 Å². The minimum absolute atomic E-state index is 0.729. The van der Waals surface area contributed by atoms with Gasteiger partial charge in [0.2, 0.25) is 0 Å². The smallest absolute Gasteiger partial charge is 0.121 e. The third kappa shape index (κ3) is 4.20. The third-order valence-electron chi connectivity index (χ3n) is 3.35. The fraction of sp³-hybridized carbons (Fsp3) is 0.571. The summed E-state index contributed by atoms with van der Waals surface area (Å²) in [5, 5.41) is 0. The van der Waals surface area contributed by atoms with Gasteiger partial charge in [-0.15, -0.1) is 0 Å². The summed E-state index contributed by atoms with van der Waals surface area (Å²) in [5.41, 5.74) is 6.47. The van der Waals surface area contributed by atoms with E-state index in [1.165, 1.54) is 19.5 Å². The molecule has 0 aromatic heterocycles. The maximum Gasteiger partial charge on any atom is 0.121 e. The predicted molar refractivity (Wildman–Crippen MR) is 74.9 cm³/mol. The molecule has 0 unspecified atom stereocenters. The lowest BCUT2D eigenvalue weighted by atomic mass is 10.3. The van der Waals surface area contributed by atoms with Crippen LogP contribution in [0.2, 0.25) is 0 Å². The van der Waals surface area contributed by atoms with Crippen molar-refractivity contribution in [1.82, 2.24) is 9.80 Å². The van der Waals surface area contributed by atoms with Gasteiger partial charge < -0.3 is 15.4 Å². The molecule has 100 valence electrons. The number of ether oxygens (including phenoxy) is 1. The van der Waals surface area contributed by atoms with Crippen LogP contribution in [0.1, 0.15) is 6.42 Å². The van der Waals surface area contributed by atoms with Crippen LogP contribution in [0.3, 0.4) is 0 Å². The van der Waals surface area contributed by atoms with E-state index in [4.69, 9.17) is 10.5 Å². The first-order chi connectivity index (χ1) is 8.74. The van der Waals surface area contributed by atoms with Gasteiger partial charge in [-0.1, -0.05) is 6.07 Å². The Hall–Kier alpha value is -1.26. The van der Waals surface area contributed by atoms with Crippen LogP contribution in [-0.2, 0) is 0 Å². The molecule has 0 aliphatic carbocycles. The summed E-state index contributed by atoms with van der Waals surface area (Å²) in [6, 6.07) is 7.62. The van der Waals surface area contributed by atoms with Crippen molar-refractivity contribution in [3.8, 4) is 5.75 Å². The molecule has 1 heterocycles. The zero-order chi connectivity index (χ0) is 12.8. The zero-order valence-corrected chi connectivity index (χ0v) is 11.1. The second-order valence-corrected chi connectivity index (χ2v) is 4.92. The Morgan fingerprint density at radius 1 is 1.22 bits per heavy atom. The van der Waals surface area contributed by atoms with Gasteiger partial charge in [0.25, 0.3) is 0 Å². The first-order valence-corrected chi connectivity index (χ1v) is 6.63. The Bertz CT molecular complexity index is 370. The highest BCUT2D eigenvalue weighted by Crippen LogP contribution is 2.14. The molecule has 1 aromatic carbocycles. The van der Waals surface area contributed by atoms with Crippen molar-refractivity contribution in [1.29, 1.82) is 0 Å². The zero-order valence-electron chi connectivity index (χ0n) is 11.1. The largest absolute Gasteiger partial charge is 0.492 e. The van der Waals surface area contributed by atoms with Crippen molar-refractivity contribution in [3.05, 3.63) is 24.3 Å². The van der Waals surface area contributed by atoms with Gasteiger partial charge in [0, 0.05) is 31.4 Å². The topological polar surface area (TPSA) is 41.7 Å². The number of hydrogen-bond acceptors (Lipinski definition) is 4. The summed E-state index contributed by atoms with van der Waals surface area (Å²) < 4.78 is 5.72. The van der Waals surface area contributed by atoms with E-state index in [-0.39, 0.29) is 0 Å². The summed E-state index contributed by atoms with van der Waals surface area (Å²) >= 11 is 0. The number of nitrogen functional groups attached to an aromatic ring is 1. The van der Waals surface area contributed by atoms with Crippen LogP contribution in [-0.4, -0.2) is 56.2 Å². The number of rotatable bonds is 4. The van der Waals surface area contributed by atoms with Crippen LogP contribution < -0.4 is 10.5 Å². The van der Waals surface area contributed by atoms with Gasteiger partial charge in [-0.05, 0) is 38.7 Å². The fourth-order valence-corrected chi connectivity index (χ4v) is 2.22. The average Bonchev–Trinajstić information content (AvgIpc) is 2.55. The maximum atomic E-state index is 5.72. The van der Waals surface area contributed by atoms with E-state index in [9.17, 15) is 0 Å². The molecule has 4 nitrogen and oxygen atoms in total. The Morgan fingerprint density at radius 3 is 2.94 bits per heavy atom. The van der Waals surface area contributed by atoms with Crippen molar-refractivity contribution in [2.75, 3.05) is 52.1 Å². The molecule has 2 rings (SSSR count). The van der Waals surface area contributed by atoms with Gasteiger partial charge in [0.15, 0.2) is 0 Å². The Kier molecular flexibility index (Phi) is 4.84. The first-order valence-electron chi connectivity index (χ1n) is 6.63. The molecule has 1 aliphatic rings. The van der Waals surface area contributed by atoms with Crippen LogP contribution in [0.15, 0.2) is 24.3 Å². The molecular weight excluding hydrogens is 226 g/mol. The van der Waals surface area contributed by atoms with Crippen LogP contribution in [0.25, 0.3) is 0 Å². The number of benzene rings is 1. The summed E-state index contributed by atoms with van der Waals surface area (Å²) in [6.07, 6.45) is 1.24. The van der Waals surface area contributed by atoms with E-state index in [0.29, 0.717) is 0 Å². The third-order valence-corrected chi connectivity index (χ3v) is 3.35. The van der Waals surface area contributed by atoms with Gasteiger partial charge in [0.1, 0.15) is 12.4 Å². The highest BCUT2D eigenvalue weighted by Gasteiger charge is 2.11. The van der Waals surface area contributed by atoms with Gasteiger partial charge in [-0.3, -0.25) is 4.90 Å². The molecule has 0 saturated carbocycles. The number of hydrogen-bond donors (Lipinski definition) is 1. The summed E-state index contributed by atoms with van der Waals surface area (Å²) in [4.78, 5) is 4.86. The monoisotopic (exact) mass is 249 g/mol. The summed E-state index contributed by atoms with van der Waals surface area (Å²) in [7, 11) is 2.19. The number of nitrogens with zero attached hydrogens (tertiary/aromatic N) is 2. The molecule has 1 aromatic rings. The van der Waals surface area contributed by atoms with E-state index in [2.05, 4.69) is 16.8 Å². The van der Waals surface area contributed by atoms with E-state index in [1.54, 1.807) is 0 Å². The molecule has 2 N–H and O–H groups in total. The molecule has 0 bridgehead atoms. The molecule has 0 spiro atoms. The number of anilines is 1. The van der Waals surface area contributed by atoms with E-state index < -0.39 is 0 Å². The normalized spacial score (nSPS) is 18.5. The molecule has 0 amide bonds. The molecule has 4 heteroatoms. The lowest BCUT2D eigenvalue weighted by Crippen LogP contribution is -2.32. The molecule has 1 aliphatic heterocycles. The number of nitrogens with two attached hydrogens (primary N) is 1. The second-order valence-electron chi connectivity index (χ2n) is 4.92. The standard InChI is InChI=1S/C14H23N3O/c1-16-6-3-7-17(9-8-16)10-11-18-14-5-2-4-13(15)12-14/h2,4-5,12H,3,6-11,15H2,1H3. The van der Waals surface area contributed by atoms with Gasteiger partial charge in [0.05, 0.1) is 0 Å². The SMILES string of the molecule is CN1CCCN(CCOc2cccc(N)c2)CC1. The Balaban J connectivity index is 1.71. The van der Waals surface area contributed by atoms with Crippen molar-refractivity contribution in [2.45, 2.75) is 6.42 Å². The maximum absolute atomic E-state index is 5.72. The highest BCUT2D eigenvalue weighted by atomic mass is 16.5. The van der Waals surface area contributed by atoms with Gasteiger partial charge in [-0.2, -0.15) is 0 Å². The predicted octanol–water partition coefficient (Wildman–Crippen LogP) is 1.29. The Morgan fingerprint density at radius 2 is 2.11 bits per heavy atom. The summed E-state index contributed by atoms with van der Waals surface area (Å²) in [6.45, 7) is 6.38. The molecule has 1 fully saturated rings. The van der Waals surface area contributed by atoms with Crippen LogP contribution in [0.5, 0.6) is 5.75 Å². The lowest BCUT2D eigenvalue weighted by Gasteiger charge is -2.20. The molecule has 0 atom stereocenters. The van der Waals surface area contributed by atoms with E-state index >= 15 is 0 Å². The van der Waals surface area contributed by atoms with Crippen molar-refractivity contribution in [3.63, 3.8) is 0 Å². The molecule has 0 radical (unpaired) electrons. The van der Waals surface area contributed by atoms with Crippen molar-refractivity contribution >= 4 is 5.69 Å². The molecule has 18 heavy (non-hydrogen) atoms. The fourth-order valence-electron chi connectivity index (χ4n) is 2.22. The minimum atomic E-state index is 0.729. The van der Waals surface area contributed by atoms with Crippen molar-refractivity contribution in [2.24, 2.45) is 0 Å². The average molecular weight is 249 g/mol. The van der Waals surface area contributed by atoms with Crippen LogP contribution >= 0.6 is 0 Å². The number of likely N-dealkylation sites (N-methyl/N-ethyl adjacent to an activating group) is 1. The minimum Gasteiger partial charge on any atom is -0.492 e. The van der Waals surface area contributed by atoms with Crippen LogP contribution in [0, 0.1) is 0 Å². The molecule has 1 saturated heterocycles. The van der Waals surface area contributed by atoms with Crippen molar-refractivity contribution < 1.29 is 4.74 Å². The Labute approximate surface area is 109 Å². The highest BCUT2D eigenvalue weighted by molar-refractivity contribution is 5.43. The first kappa shape index (κ1) is 13.2.